The summed E-state index contributed by atoms with van der Waals surface area (Å²) in [4.78, 5) is 2.64. The van der Waals surface area contributed by atoms with Gasteiger partial charge in [0.2, 0.25) is 0 Å². The van der Waals surface area contributed by atoms with Crippen LogP contribution in [0.2, 0.25) is 0 Å². The predicted octanol–water partition coefficient (Wildman–Crippen LogP) is 13.2. The van der Waals surface area contributed by atoms with Gasteiger partial charge in [0.25, 0.3) is 0 Å². The predicted molar refractivity (Wildman–Crippen MR) is 218 cm³/mol. The lowest BCUT2D eigenvalue weighted by molar-refractivity contribution is 0.601. The van der Waals surface area contributed by atoms with Crippen molar-refractivity contribution in [2.75, 3.05) is 4.90 Å². The third-order valence-corrected chi connectivity index (χ3v) is 11.4. The molecule has 0 bridgehead atoms. The summed E-state index contributed by atoms with van der Waals surface area (Å²) in [6, 6.07) is 43.1. The summed E-state index contributed by atoms with van der Waals surface area (Å²) in [6.45, 7) is 6.83. The average molecular weight is 661 g/mol. The molecule has 0 radical (unpaired) electrons. The molecule has 5 aromatic carbocycles. The van der Waals surface area contributed by atoms with Crippen molar-refractivity contribution in [3.63, 3.8) is 0 Å². The first-order valence-electron chi connectivity index (χ1n) is 18.6. The highest BCUT2D eigenvalue weighted by molar-refractivity contribution is 6.01. The summed E-state index contributed by atoms with van der Waals surface area (Å²) >= 11 is 0. The summed E-state index contributed by atoms with van der Waals surface area (Å²) < 4.78 is 2.57. The van der Waals surface area contributed by atoms with Gasteiger partial charge >= 0.3 is 0 Å². The highest BCUT2D eigenvalue weighted by atomic mass is 15.2. The summed E-state index contributed by atoms with van der Waals surface area (Å²) in [5, 5.41) is 1.30. The van der Waals surface area contributed by atoms with E-state index in [0.29, 0.717) is 11.8 Å². The number of fused-ring (bicyclic) bond motifs is 4. The van der Waals surface area contributed by atoms with Crippen molar-refractivity contribution in [1.29, 1.82) is 0 Å². The van der Waals surface area contributed by atoms with Crippen LogP contribution in [0.1, 0.15) is 61.4 Å². The van der Waals surface area contributed by atoms with E-state index in [9.17, 15) is 0 Å². The number of benzene rings is 5. The topological polar surface area (TPSA) is 8.17 Å². The number of allylic oxidation sites excluding steroid dienone is 5. The van der Waals surface area contributed by atoms with E-state index in [2.05, 4.69) is 188 Å². The minimum Gasteiger partial charge on any atom is -0.332 e. The van der Waals surface area contributed by atoms with Gasteiger partial charge in [0.1, 0.15) is 0 Å². The van der Waals surface area contributed by atoms with Crippen molar-refractivity contribution >= 4 is 33.9 Å². The first-order valence-corrected chi connectivity index (χ1v) is 18.6. The number of aromatic nitrogens is 1. The molecule has 3 atom stereocenters. The molecular formula is C49H44N2. The number of rotatable bonds is 6. The molecule has 1 aliphatic heterocycles. The van der Waals surface area contributed by atoms with Crippen LogP contribution in [0.5, 0.6) is 0 Å². The Hall–Kier alpha value is -5.60. The molecule has 1 aromatic heterocycles. The number of hydrogen-bond donors (Lipinski definition) is 0. The zero-order valence-electron chi connectivity index (χ0n) is 29.8. The van der Waals surface area contributed by atoms with Crippen LogP contribution >= 0.6 is 0 Å². The molecule has 2 heteroatoms. The molecule has 9 rings (SSSR count). The van der Waals surface area contributed by atoms with Gasteiger partial charge in [-0.25, -0.2) is 0 Å². The molecule has 2 heterocycles. The molecule has 2 nitrogen and oxygen atoms in total. The van der Waals surface area contributed by atoms with Crippen molar-refractivity contribution in [3.05, 3.63) is 174 Å². The van der Waals surface area contributed by atoms with Gasteiger partial charge in [0.05, 0.1) is 22.9 Å². The SMILES string of the molecule is C/C=C\c1c(C)c2ccccc2n1-c1c(C2=CCCCC2C)cccc1-c1cccc(-c2ccccc2)c1N1c2ccccc2C2C=CC=CC21. The van der Waals surface area contributed by atoms with Crippen molar-refractivity contribution in [1.82, 2.24) is 4.57 Å². The van der Waals surface area contributed by atoms with Crippen molar-refractivity contribution < 1.29 is 0 Å². The van der Waals surface area contributed by atoms with E-state index < -0.39 is 0 Å². The largest absolute Gasteiger partial charge is 0.332 e. The Labute approximate surface area is 302 Å². The van der Waals surface area contributed by atoms with E-state index in [1.54, 1.807) is 0 Å². The highest BCUT2D eigenvalue weighted by Gasteiger charge is 2.39. The van der Waals surface area contributed by atoms with E-state index in [1.165, 1.54) is 91.0 Å². The van der Waals surface area contributed by atoms with Crippen LogP contribution in [0.3, 0.4) is 0 Å². The van der Waals surface area contributed by atoms with Crippen molar-refractivity contribution in [2.24, 2.45) is 5.92 Å². The smallest absolute Gasteiger partial charge is 0.0630 e. The van der Waals surface area contributed by atoms with Crippen LogP contribution in [0.4, 0.5) is 11.4 Å². The van der Waals surface area contributed by atoms with Crippen molar-refractivity contribution in [3.8, 4) is 27.9 Å². The lowest BCUT2D eigenvalue weighted by atomic mass is 9.82. The first kappa shape index (κ1) is 31.4. The molecule has 0 N–H and O–H groups in total. The van der Waals surface area contributed by atoms with Crippen LogP contribution in [0.25, 0.3) is 50.5 Å². The zero-order chi connectivity index (χ0) is 34.5. The second-order valence-electron chi connectivity index (χ2n) is 14.3. The average Bonchev–Trinajstić information content (AvgIpc) is 3.66. The number of hydrogen-bond acceptors (Lipinski definition) is 1. The summed E-state index contributed by atoms with van der Waals surface area (Å²) in [7, 11) is 0. The summed E-state index contributed by atoms with van der Waals surface area (Å²) in [5.74, 6) is 0.778. The van der Waals surface area contributed by atoms with E-state index >= 15 is 0 Å². The monoisotopic (exact) mass is 660 g/mol. The number of nitrogens with zero attached hydrogens (tertiary/aromatic N) is 2. The van der Waals surface area contributed by atoms with Crippen molar-refractivity contribution in [2.45, 2.75) is 52.0 Å². The second-order valence-corrected chi connectivity index (χ2v) is 14.3. The van der Waals surface area contributed by atoms with Gasteiger partial charge in [-0.2, -0.15) is 0 Å². The third kappa shape index (κ3) is 5.08. The third-order valence-electron chi connectivity index (χ3n) is 11.4. The van der Waals surface area contributed by atoms with Gasteiger partial charge in [0.15, 0.2) is 0 Å². The molecule has 3 aliphatic rings. The highest BCUT2D eigenvalue weighted by Crippen LogP contribution is 2.54. The van der Waals surface area contributed by atoms with Crippen LogP contribution < -0.4 is 4.90 Å². The number of para-hydroxylation sites is 4. The van der Waals surface area contributed by atoms with Gasteiger partial charge in [-0.1, -0.05) is 147 Å². The molecule has 0 saturated heterocycles. The van der Waals surface area contributed by atoms with Crippen LogP contribution in [0.15, 0.2) is 152 Å². The second kappa shape index (κ2) is 12.9. The molecule has 0 amide bonds. The maximum Gasteiger partial charge on any atom is 0.0630 e. The van der Waals surface area contributed by atoms with Gasteiger partial charge in [-0.15, -0.1) is 0 Å². The fourth-order valence-corrected chi connectivity index (χ4v) is 9.09. The van der Waals surface area contributed by atoms with Gasteiger partial charge in [-0.3, -0.25) is 0 Å². The molecular weight excluding hydrogens is 617 g/mol. The number of anilines is 2. The molecule has 0 saturated carbocycles. The van der Waals surface area contributed by atoms with Crippen LogP contribution in [-0.2, 0) is 0 Å². The van der Waals surface area contributed by atoms with E-state index in [0.717, 1.165) is 6.42 Å². The minimum absolute atomic E-state index is 0.178. The van der Waals surface area contributed by atoms with Crippen LogP contribution in [0, 0.1) is 12.8 Å². The normalized spacial score (nSPS) is 19.5. The van der Waals surface area contributed by atoms with E-state index in [4.69, 9.17) is 0 Å². The molecule has 2 aliphatic carbocycles. The van der Waals surface area contributed by atoms with E-state index in [-0.39, 0.29) is 6.04 Å². The van der Waals surface area contributed by atoms with Gasteiger partial charge in [0, 0.05) is 44.9 Å². The lowest BCUT2D eigenvalue weighted by Crippen LogP contribution is -2.29. The van der Waals surface area contributed by atoms with Gasteiger partial charge < -0.3 is 9.47 Å². The minimum atomic E-state index is 0.178. The first-order chi connectivity index (χ1) is 25.2. The van der Waals surface area contributed by atoms with E-state index in [1.807, 2.05) is 0 Å². The standard InChI is InChI=1S/C49H44N2/c1-4-18-44-34(3)37-23-10-13-30-45(37)50(44)49-41(36-22-9-8-19-33(36)2)27-17-29-43(49)42-28-16-26-38(35-20-6-5-7-21-35)48(42)51-46-31-14-11-24-39(46)40-25-12-15-32-47(40)51/h4-7,10-18,20-33,39,46H,8-9,19H2,1-3H3/b18-4-. The Morgan fingerprint density at radius 3 is 2.22 bits per heavy atom. The molecule has 250 valence electrons. The fraction of sp³-hybridized carbons (Fsp3) is 0.184. The Kier molecular flexibility index (Phi) is 7.96. The molecule has 0 fully saturated rings. The summed E-state index contributed by atoms with van der Waals surface area (Å²) in [6.07, 6.45) is 19.8. The molecule has 3 unspecified atom stereocenters. The molecule has 51 heavy (non-hydrogen) atoms. The number of aryl methyl sites for hydroxylation is 1. The lowest BCUT2D eigenvalue weighted by Gasteiger charge is -2.33. The maximum absolute atomic E-state index is 2.64. The summed E-state index contributed by atoms with van der Waals surface area (Å²) in [5.41, 5.74) is 16.8. The zero-order valence-corrected chi connectivity index (χ0v) is 29.8. The quantitative estimate of drug-likeness (QED) is 0.173. The maximum atomic E-state index is 2.64. The fourth-order valence-electron chi connectivity index (χ4n) is 9.09. The molecule has 6 aromatic rings. The Morgan fingerprint density at radius 1 is 0.686 bits per heavy atom. The Balaban J connectivity index is 1.42. The Bertz CT molecular complexity index is 2400. The Morgan fingerprint density at radius 2 is 1.39 bits per heavy atom. The van der Waals surface area contributed by atoms with Crippen LogP contribution in [-0.4, -0.2) is 10.6 Å². The van der Waals surface area contributed by atoms with Gasteiger partial charge in [-0.05, 0) is 79.5 Å². The molecule has 0 spiro atoms.